The first-order valence-electron chi connectivity index (χ1n) is 12.7. The maximum atomic E-state index is 6.78. The van der Waals surface area contributed by atoms with Crippen LogP contribution in [0.15, 0.2) is 24.8 Å². The van der Waals surface area contributed by atoms with Crippen LogP contribution in [0.3, 0.4) is 0 Å². The molecular formula is C24H45N5O4Si3. The molecule has 0 bridgehead atoms. The average molecular weight is 552 g/mol. The molecule has 202 valence electrons. The molecule has 0 radical (unpaired) electrons. The van der Waals surface area contributed by atoms with Gasteiger partial charge in [0.2, 0.25) is 0 Å². The van der Waals surface area contributed by atoms with Gasteiger partial charge in [0.25, 0.3) is 0 Å². The van der Waals surface area contributed by atoms with E-state index in [0.717, 1.165) is 18.5 Å². The fourth-order valence-corrected chi connectivity index (χ4v) is 6.88. The Morgan fingerprint density at radius 3 is 2.19 bits per heavy atom. The van der Waals surface area contributed by atoms with Crippen molar-refractivity contribution in [1.29, 1.82) is 0 Å². The summed E-state index contributed by atoms with van der Waals surface area (Å²) in [6.45, 7) is 26.9. The normalized spacial score (nSPS) is 23.4. The van der Waals surface area contributed by atoms with Crippen molar-refractivity contribution < 1.29 is 18.0 Å². The van der Waals surface area contributed by atoms with E-state index >= 15 is 0 Å². The number of imidazole rings is 1. The lowest BCUT2D eigenvalue weighted by Gasteiger charge is -2.34. The highest BCUT2D eigenvalue weighted by Crippen LogP contribution is 2.39. The summed E-state index contributed by atoms with van der Waals surface area (Å²) in [5.74, 6) is 0.703. The van der Waals surface area contributed by atoms with Crippen LogP contribution in [0.25, 0.3) is 11.2 Å². The van der Waals surface area contributed by atoms with Gasteiger partial charge >= 0.3 is 0 Å². The summed E-state index contributed by atoms with van der Waals surface area (Å²) in [6.07, 6.45) is 2.98. The van der Waals surface area contributed by atoms with Crippen molar-refractivity contribution in [3.05, 3.63) is 24.8 Å². The predicted molar refractivity (Wildman–Crippen MR) is 153 cm³/mol. The molecule has 0 saturated carbocycles. The van der Waals surface area contributed by atoms with Crippen molar-refractivity contribution in [3.8, 4) is 0 Å². The molecule has 1 aliphatic rings. The fourth-order valence-electron chi connectivity index (χ4n) is 4.04. The molecular weight excluding hydrogens is 507 g/mol. The van der Waals surface area contributed by atoms with E-state index in [1.807, 2.05) is 11.5 Å². The number of rotatable bonds is 12. The van der Waals surface area contributed by atoms with Crippen LogP contribution in [0.1, 0.15) is 19.6 Å². The minimum atomic E-state index is -1.95. The van der Waals surface area contributed by atoms with E-state index in [1.54, 1.807) is 12.7 Å². The number of aromatic nitrogens is 4. The molecule has 3 rings (SSSR count). The summed E-state index contributed by atoms with van der Waals surface area (Å²) in [6, 6.07) is 0. The predicted octanol–water partition coefficient (Wildman–Crippen LogP) is 5.39. The van der Waals surface area contributed by atoms with Crippen molar-refractivity contribution in [2.24, 2.45) is 0 Å². The van der Waals surface area contributed by atoms with Crippen LogP contribution in [0.5, 0.6) is 0 Å². The van der Waals surface area contributed by atoms with Crippen molar-refractivity contribution in [2.75, 3.05) is 18.5 Å². The molecule has 1 N–H and O–H groups in total. The lowest BCUT2D eigenvalue weighted by atomic mass is 10.1. The van der Waals surface area contributed by atoms with Crippen LogP contribution in [-0.4, -0.2) is 75.9 Å². The van der Waals surface area contributed by atoms with Crippen LogP contribution in [0.4, 0.5) is 5.82 Å². The molecule has 36 heavy (non-hydrogen) atoms. The Kier molecular flexibility index (Phi) is 9.01. The number of hydrogen-bond acceptors (Lipinski definition) is 8. The minimum Gasteiger partial charge on any atom is -0.415 e. The second-order valence-corrected chi connectivity index (χ2v) is 26.0. The highest BCUT2D eigenvalue weighted by molar-refractivity contribution is 6.70. The number of anilines is 1. The molecule has 0 spiro atoms. The van der Waals surface area contributed by atoms with Crippen molar-refractivity contribution in [2.45, 2.75) is 96.8 Å². The first kappa shape index (κ1) is 29.1. The number of hydrogen-bond donors (Lipinski definition) is 1. The third-order valence-corrected chi connectivity index (χ3v) is 8.41. The largest absolute Gasteiger partial charge is 0.415 e. The van der Waals surface area contributed by atoms with Crippen molar-refractivity contribution in [1.82, 2.24) is 19.5 Å². The lowest BCUT2D eigenvalue weighted by molar-refractivity contribution is -0.0457. The smallest absolute Gasteiger partial charge is 0.184 e. The van der Waals surface area contributed by atoms with Crippen LogP contribution in [0, 0.1) is 0 Å². The minimum absolute atomic E-state index is 0.239. The first-order valence-corrected chi connectivity index (χ1v) is 23.0. The monoisotopic (exact) mass is 551 g/mol. The van der Waals surface area contributed by atoms with Crippen LogP contribution in [-0.2, 0) is 18.0 Å². The summed E-state index contributed by atoms with van der Waals surface area (Å²) in [5, 5.41) is 3.37. The molecule has 9 nitrogen and oxygen atoms in total. The van der Waals surface area contributed by atoms with E-state index in [1.165, 1.54) is 0 Å². The van der Waals surface area contributed by atoms with Crippen LogP contribution in [0.2, 0.25) is 58.9 Å². The molecule has 0 aromatic carbocycles. The van der Waals surface area contributed by atoms with Gasteiger partial charge in [-0.15, -0.1) is 6.58 Å². The first-order chi connectivity index (χ1) is 16.5. The molecule has 2 aromatic rings. The molecule has 1 saturated heterocycles. The van der Waals surface area contributed by atoms with Crippen LogP contribution < -0.4 is 5.32 Å². The fraction of sp³-hybridized carbons (Fsp3) is 0.708. The van der Waals surface area contributed by atoms with Gasteiger partial charge in [0.05, 0.1) is 12.9 Å². The Bertz CT molecular complexity index is 1050. The number of nitrogens with zero attached hydrogens (tertiary/aromatic N) is 4. The summed E-state index contributed by atoms with van der Waals surface area (Å²) in [7, 11) is -5.62. The van der Waals surface area contributed by atoms with E-state index in [4.69, 9.17) is 18.0 Å². The van der Waals surface area contributed by atoms with E-state index in [0.29, 0.717) is 23.6 Å². The standard InChI is InChI=1S/C24H45N5O4Si3/c1-17(2)12-13-25-22-19-23(27-15-26-22)29(16-28-19)24-21(33-36(9,10)11)20(32-35(6,7)8)18(31-24)14-30-34(3,4)5/h15-16,18,20-21,24H,1,12-14H2,2-11H3,(H,25,26,27)/t18-,20-,21-,24-/m1/s1. The average Bonchev–Trinajstić information content (AvgIpc) is 3.26. The Labute approximate surface area is 219 Å². The topological polar surface area (TPSA) is 92.6 Å². The third-order valence-electron chi connectivity index (χ3n) is 5.42. The molecule has 3 heterocycles. The number of ether oxygens (including phenoxy) is 1. The van der Waals surface area contributed by atoms with Gasteiger partial charge in [0.1, 0.15) is 24.6 Å². The zero-order chi connectivity index (χ0) is 26.9. The zero-order valence-corrected chi connectivity index (χ0v) is 26.7. The van der Waals surface area contributed by atoms with E-state index in [9.17, 15) is 0 Å². The maximum absolute atomic E-state index is 6.78. The highest BCUT2D eigenvalue weighted by atomic mass is 28.4. The maximum Gasteiger partial charge on any atom is 0.184 e. The molecule has 12 heteroatoms. The molecule has 0 amide bonds. The molecule has 0 unspecified atom stereocenters. The van der Waals surface area contributed by atoms with Crippen molar-refractivity contribution in [3.63, 3.8) is 0 Å². The summed E-state index contributed by atoms with van der Waals surface area (Å²) >= 11 is 0. The Hall–Kier alpha value is -1.42. The lowest BCUT2D eigenvalue weighted by Crippen LogP contribution is -2.48. The Morgan fingerprint density at radius 2 is 1.61 bits per heavy atom. The Morgan fingerprint density at radius 1 is 0.972 bits per heavy atom. The quantitative estimate of drug-likeness (QED) is 0.277. The highest BCUT2D eigenvalue weighted by Gasteiger charge is 2.50. The Balaban J connectivity index is 2.00. The van der Waals surface area contributed by atoms with Gasteiger partial charge < -0.3 is 23.3 Å². The molecule has 1 aliphatic heterocycles. The van der Waals surface area contributed by atoms with Gasteiger partial charge in [-0.05, 0) is 72.3 Å². The summed E-state index contributed by atoms with van der Waals surface area (Å²) in [4.78, 5) is 13.7. The number of nitrogens with one attached hydrogen (secondary N) is 1. The second kappa shape index (κ2) is 11.1. The zero-order valence-electron chi connectivity index (χ0n) is 23.7. The van der Waals surface area contributed by atoms with Gasteiger partial charge in [-0.25, -0.2) is 15.0 Å². The van der Waals surface area contributed by atoms with Crippen LogP contribution >= 0.6 is 0 Å². The van der Waals surface area contributed by atoms with Gasteiger partial charge in [0.15, 0.2) is 48.2 Å². The molecule has 4 atom stereocenters. The van der Waals surface area contributed by atoms with Gasteiger partial charge in [0, 0.05) is 6.54 Å². The van der Waals surface area contributed by atoms with E-state index in [2.05, 4.69) is 85.8 Å². The van der Waals surface area contributed by atoms with Gasteiger partial charge in [-0.2, -0.15) is 0 Å². The molecule has 1 fully saturated rings. The van der Waals surface area contributed by atoms with Gasteiger partial charge in [-0.1, -0.05) is 5.57 Å². The van der Waals surface area contributed by atoms with E-state index < -0.39 is 31.2 Å². The van der Waals surface area contributed by atoms with E-state index in [-0.39, 0.29) is 18.3 Å². The molecule has 2 aromatic heterocycles. The summed E-state index contributed by atoms with van der Waals surface area (Å²) in [5.41, 5.74) is 2.53. The number of fused-ring (bicyclic) bond motifs is 1. The van der Waals surface area contributed by atoms with Gasteiger partial charge in [-0.3, -0.25) is 4.57 Å². The SMILES string of the molecule is C=C(C)CCNc1ncnc2c1ncn2[C@@H]1O[C@H](CO[Si](C)(C)C)[C@@H](O[Si](C)(C)C)[C@H]1O[Si](C)(C)C. The molecule has 0 aliphatic carbocycles. The third kappa shape index (κ3) is 8.04. The van der Waals surface area contributed by atoms with Crippen molar-refractivity contribution >= 4 is 41.9 Å². The second-order valence-electron chi connectivity index (χ2n) is 12.6. The summed E-state index contributed by atoms with van der Waals surface area (Å²) < 4.78 is 28.5.